The maximum Gasteiger partial charge on any atom is 0.407 e. The third kappa shape index (κ3) is 5.79. The minimum absolute atomic E-state index is 0.0924. The lowest BCUT2D eigenvalue weighted by molar-refractivity contribution is 0.0184. The lowest BCUT2D eigenvalue weighted by Gasteiger charge is -2.24. The molecule has 2 unspecified atom stereocenters. The van der Waals surface area contributed by atoms with Crippen LogP contribution in [0.2, 0.25) is 0 Å². The van der Waals surface area contributed by atoms with E-state index < -0.39 is 18.3 Å². The van der Waals surface area contributed by atoms with Crippen LogP contribution in [0.3, 0.4) is 0 Å². The number of ether oxygens (including phenoxy) is 1. The molecule has 0 bridgehead atoms. The second-order valence-corrected chi connectivity index (χ2v) is 7.15. The van der Waals surface area contributed by atoms with Crippen LogP contribution in [-0.2, 0) is 11.3 Å². The van der Waals surface area contributed by atoms with Crippen LogP contribution in [0.4, 0.5) is 4.79 Å². The Hall–Kier alpha value is -2.41. The number of aliphatic hydroxyl groups excluding tert-OH is 2. The first-order valence-electron chi connectivity index (χ1n) is 9.75. The van der Waals surface area contributed by atoms with Gasteiger partial charge in [0, 0.05) is 6.54 Å². The maximum atomic E-state index is 11.8. The van der Waals surface area contributed by atoms with Crippen molar-refractivity contribution in [3.8, 4) is 0 Å². The predicted molar refractivity (Wildman–Crippen MR) is 107 cm³/mol. The number of hydrogen-bond donors (Lipinski definition) is 4. The van der Waals surface area contributed by atoms with Crippen LogP contribution in [0.15, 0.2) is 54.6 Å². The molecule has 6 nitrogen and oxygen atoms in total. The fourth-order valence-corrected chi connectivity index (χ4v) is 3.42. The molecule has 3 rings (SSSR count). The van der Waals surface area contributed by atoms with Gasteiger partial charge in [0.25, 0.3) is 0 Å². The molecule has 0 saturated carbocycles. The Morgan fingerprint density at radius 2 is 1.75 bits per heavy atom. The van der Waals surface area contributed by atoms with Crippen LogP contribution in [0.1, 0.15) is 41.6 Å². The van der Waals surface area contributed by atoms with Crippen molar-refractivity contribution in [2.75, 3.05) is 19.6 Å². The molecule has 4 N–H and O–H groups in total. The van der Waals surface area contributed by atoms with Gasteiger partial charge in [-0.2, -0.15) is 0 Å². The van der Waals surface area contributed by atoms with Gasteiger partial charge in [-0.3, -0.25) is 0 Å². The van der Waals surface area contributed by atoms with Gasteiger partial charge < -0.3 is 25.6 Å². The van der Waals surface area contributed by atoms with Gasteiger partial charge in [-0.05, 0) is 48.5 Å². The highest BCUT2D eigenvalue weighted by Crippen LogP contribution is 2.27. The lowest BCUT2D eigenvalue weighted by atomic mass is 9.89. The van der Waals surface area contributed by atoms with Crippen LogP contribution in [0.25, 0.3) is 0 Å². The molecule has 1 heterocycles. The molecule has 6 heteroatoms. The lowest BCUT2D eigenvalue weighted by Crippen LogP contribution is -2.35. The Morgan fingerprint density at radius 3 is 2.43 bits per heavy atom. The highest BCUT2D eigenvalue weighted by molar-refractivity contribution is 5.67. The Morgan fingerprint density at radius 1 is 1.07 bits per heavy atom. The first kappa shape index (κ1) is 20.3. The number of benzene rings is 2. The molecule has 0 aliphatic carbocycles. The van der Waals surface area contributed by atoms with E-state index >= 15 is 0 Å². The fourth-order valence-electron chi connectivity index (χ4n) is 3.42. The highest BCUT2D eigenvalue weighted by atomic mass is 16.5. The van der Waals surface area contributed by atoms with Gasteiger partial charge in [0.15, 0.2) is 0 Å². The first-order valence-corrected chi connectivity index (χ1v) is 9.75. The van der Waals surface area contributed by atoms with Gasteiger partial charge in [0.05, 0.1) is 0 Å². The maximum absolute atomic E-state index is 11.8. The summed E-state index contributed by atoms with van der Waals surface area (Å²) in [6.07, 6.45) is -0.596. The summed E-state index contributed by atoms with van der Waals surface area (Å²) in [5, 5.41) is 26.4. The van der Waals surface area contributed by atoms with E-state index in [0.29, 0.717) is 11.5 Å². The number of carbonyl (C=O) groups excluding carboxylic acids is 1. The summed E-state index contributed by atoms with van der Waals surface area (Å²) in [6, 6.07) is 17.1. The highest BCUT2D eigenvalue weighted by Gasteiger charge is 2.20. The number of aliphatic hydroxyl groups is 2. The van der Waals surface area contributed by atoms with E-state index in [1.165, 1.54) is 5.56 Å². The van der Waals surface area contributed by atoms with Crippen LogP contribution >= 0.6 is 0 Å². The van der Waals surface area contributed by atoms with Gasteiger partial charge in [-0.25, -0.2) is 4.79 Å². The molecule has 1 fully saturated rings. The van der Waals surface area contributed by atoms with Gasteiger partial charge in [0.1, 0.15) is 18.8 Å². The fraction of sp³-hybridized carbons (Fsp3) is 0.409. The molecule has 150 valence electrons. The minimum Gasteiger partial charge on any atom is -0.445 e. The zero-order chi connectivity index (χ0) is 19.8. The number of alkyl carbamates (subject to hydrolysis) is 1. The summed E-state index contributed by atoms with van der Waals surface area (Å²) in [5.41, 5.74) is 2.77. The monoisotopic (exact) mass is 384 g/mol. The predicted octanol–water partition coefficient (Wildman–Crippen LogP) is 2.47. The zero-order valence-corrected chi connectivity index (χ0v) is 15.9. The van der Waals surface area contributed by atoms with Crippen molar-refractivity contribution < 1.29 is 19.7 Å². The number of piperidine rings is 1. The molecular weight excluding hydrogens is 356 g/mol. The number of amides is 1. The number of carbonyl (C=O) groups is 1. The molecule has 2 atom stereocenters. The van der Waals surface area contributed by atoms with Crippen molar-refractivity contribution >= 4 is 6.09 Å². The summed E-state index contributed by atoms with van der Waals surface area (Å²) in [7, 11) is 0. The second kappa shape index (κ2) is 10.2. The summed E-state index contributed by atoms with van der Waals surface area (Å²) in [5.74, 6) is 0.540. The van der Waals surface area contributed by atoms with Gasteiger partial charge in [0.2, 0.25) is 0 Å². The van der Waals surface area contributed by atoms with Gasteiger partial charge in [-0.1, -0.05) is 54.6 Å². The van der Waals surface area contributed by atoms with Crippen molar-refractivity contribution in [3.63, 3.8) is 0 Å². The van der Waals surface area contributed by atoms with E-state index in [-0.39, 0.29) is 13.2 Å². The summed E-state index contributed by atoms with van der Waals surface area (Å²) < 4.78 is 5.10. The van der Waals surface area contributed by atoms with E-state index in [2.05, 4.69) is 10.6 Å². The normalized spacial score (nSPS) is 16.9. The average molecular weight is 384 g/mol. The number of hydrogen-bond acceptors (Lipinski definition) is 5. The average Bonchev–Trinajstić information content (AvgIpc) is 2.77. The SMILES string of the molecule is O=C(NCC(O)C(O)c1ccc(C2CCNCC2)cc1)OCc1ccccc1. The van der Waals surface area contributed by atoms with Crippen molar-refractivity contribution in [1.29, 1.82) is 0 Å². The van der Waals surface area contributed by atoms with E-state index in [9.17, 15) is 15.0 Å². The van der Waals surface area contributed by atoms with Crippen LogP contribution < -0.4 is 10.6 Å². The van der Waals surface area contributed by atoms with Crippen molar-refractivity contribution in [3.05, 3.63) is 71.3 Å². The molecule has 1 aliphatic heterocycles. The zero-order valence-electron chi connectivity index (χ0n) is 15.9. The summed E-state index contributed by atoms with van der Waals surface area (Å²) >= 11 is 0. The standard InChI is InChI=1S/C22H28N2O4/c25-20(14-24-22(27)28-15-16-4-2-1-3-5-16)21(26)19-8-6-17(7-9-19)18-10-12-23-13-11-18/h1-9,18,20-21,23,25-26H,10-15H2,(H,24,27). The Bertz CT molecular complexity index is 730. The van der Waals surface area contributed by atoms with E-state index in [1.807, 2.05) is 54.6 Å². The first-order chi connectivity index (χ1) is 13.6. The number of nitrogens with one attached hydrogen (secondary N) is 2. The van der Waals surface area contributed by atoms with Crippen LogP contribution in [0.5, 0.6) is 0 Å². The number of rotatable bonds is 7. The van der Waals surface area contributed by atoms with E-state index in [4.69, 9.17) is 4.74 Å². The molecule has 2 aromatic carbocycles. The molecule has 0 aromatic heterocycles. The Kier molecular flexibility index (Phi) is 7.42. The molecule has 1 amide bonds. The molecule has 2 aromatic rings. The third-order valence-electron chi connectivity index (χ3n) is 5.12. The Labute approximate surface area is 165 Å². The Balaban J connectivity index is 1.44. The molecule has 28 heavy (non-hydrogen) atoms. The van der Waals surface area contributed by atoms with Crippen molar-refractivity contribution in [2.24, 2.45) is 0 Å². The summed E-state index contributed by atoms with van der Waals surface area (Å²) in [4.78, 5) is 11.8. The molecule has 1 aliphatic rings. The van der Waals surface area contributed by atoms with E-state index in [0.717, 1.165) is 31.5 Å². The van der Waals surface area contributed by atoms with Crippen molar-refractivity contribution in [2.45, 2.75) is 37.6 Å². The molecule has 0 spiro atoms. The molecule has 0 radical (unpaired) electrons. The largest absolute Gasteiger partial charge is 0.445 e. The van der Waals surface area contributed by atoms with Gasteiger partial charge in [-0.15, -0.1) is 0 Å². The molecule has 1 saturated heterocycles. The van der Waals surface area contributed by atoms with Crippen LogP contribution in [-0.4, -0.2) is 42.0 Å². The van der Waals surface area contributed by atoms with E-state index in [1.54, 1.807) is 0 Å². The second-order valence-electron chi connectivity index (χ2n) is 7.15. The topological polar surface area (TPSA) is 90.8 Å². The van der Waals surface area contributed by atoms with Crippen molar-refractivity contribution in [1.82, 2.24) is 10.6 Å². The quantitative estimate of drug-likeness (QED) is 0.589. The smallest absolute Gasteiger partial charge is 0.407 e. The molecular formula is C22H28N2O4. The third-order valence-corrected chi connectivity index (χ3v) is 5.12. The minimum atomic E-state index is -1.12. The summed E-state index contributed by atoms with van der Waals surface area (Å²) in [6.45, 7) is 2.12. The van der Waals surface area contributed by atoms with Gasteiger partial charge >= 0.3 is 6.09 Å². The van der Waals surface area contributed by atoms with Crippen LogP contribution in [0, 0.1) is 0 Å².